The molecule has 4 heteroatoms. The second kappa shape index (κ2) is 6.13. The Labute approximate surface area is 136 Å². The monoisotopic (exact) mass is 306 g/mol. The molecule has 0 bridgehead atoms. The van der Waals surface area contributed by atoms with E-state index in [0.717, 1.165) is 36.5 Å². The number of pyridine rings is 1. The average molecular weight is 306 g/mol. The maximum absolute atomic E-state index is 4.89. The van der Waals surface area contributed by atoms with Crippen molar-refractivity contribution in [2.75, 3.05) is 6.54 Å². The molecule has 118 valence electrons. The van der Waals surface area contributed by atoms with Crippen LogP contribution in [0.3, 0.4) is 0 Å². The molecule has 0 spiro atoms. The molecule has 1 atom stereocenters. The molecule has 1 aliphatic rings. The highest BCUT2D eigenvalue weighted by atomic mass is 15.2. The van der Waals surface area contributed by atoms with Crippen molar-refractivity contribution in [3.05, 3.63) is 59.5 Å². The van der Waals surface area contributed by atoms with Crippen LogP contribution in [0.15, 0.2) is 42.6 Å². The van der Waals surface area contributed by atoms with Gasteiger partial charge in [0.05, 0.1) is 12.6 Å². The van der Waals surface area contributed by atoms with Crippen molar-refractivity contribution in [1.82, 2.24) is 19.9 Å². The minimum absolute atomic E-state index is 0.336. The molecular weight excluding hydrogens is 284 g/mol. The van der Waals surface area contributed by atoms with Gasteiger partial charge >= 0.3 is 0 Å². The SMILES string of the molecule is Cc1cccc(Cn2c(C3CCCCN3)nc3cccnc32)c1. The van der Waals surface area contributed by atoms with Gasteiger partial charge in [0.1, 0.15) is 11.3 Å². The summed E-state index contributed by atoms with van der Waals surface area (Å²) in [5.41, 5.74) is 4.56. The van der Waals surface area contributed by atoms with Crippen LogP contribution < -0.4 is 5.32 Å². The molecule has 4 nitrogen and oxygen atoms in total. The third-order valence-electron chi connectivity index (χ3n) is 4.58. The number of hydrogen-bond acceptors (Lipinski definition) is 3. The first-order chi connectivity index (χ1) is 11.3. The summed E-state index contributed by atoms with van der Waals surface area (Å²) in [5.74, 6) is 1.12. The minimum Gasteiger partial charge on any atom is -0.307 e. The predicted octanol–water partition coefficient (Wildman–Crippen LogP) is 3.60. The topological polar surface area (TPSA) is 42.7 Å². The Morgan fingerprint density at radius 1 is 1.22 bits per heavy atom. The van der Waals surface area contributed by atoms with E-state index in [0.29, 0.717) is 6.04 Å². The Hall–Kier alpha value is -2.20. The van der Waals surface area contributed by atoms with Gasteiger partial charge in [0.2, 0.25) is 0 Å². The van der Waals surface area contributed by atoms with Gasteiger partial charge in [0.15, 0.2) is 5.65 Å². The fraction of sp³-hybridized carbons (Fsp3) is 0.368. The smallest absolute Gasteiger partial charge is 0.160 e. The van der Waals surface area contributed by atoms with Gasteiger partial charge in [0, 0.05) is 6.20 Å². The normalized spacial score (nSPS) is 18.4. The lowest BCUT2D eigenvalue weighted by Gasteiger charge is -2.24. The van der Waals surface area contributed by atoms with E-state index >= 15 is 0 Å². The van der Waals surface area contributed by atoms with E-state index in [-0.39, 0.29) is 0 Å². The molecule has 0 amide bonds. The number of aryl methyl sites for hydroxylation is 1. The van der Waals surface area contributed by atoms with Crippen LogP contribution >= 0.6 is 0 Å². The van der Waals surface area contributed by atoms with Gasteiger partial charge in [-0.05, 0) is 44.0 Å². The van der Waals surface area contributed by atoms with Gasteiger partial charge in [-0.2, -0.15) is 0 Å². The number of aromatic nitrogens is 3. The van der Waals surface area contributed by atoms with Gasteiger partial charge in [-0.25, -0.2) is 9.97 Å². The molecule has 1 aliphatic heterocycles. The Balaban J connectivity index is 1.79. The van der Waals surface area contributed by atoms with Crippen molar-refractivity contribution in [2.24, 2.45) is 0 Å². The molecule has 23 heavy (non-hydrogen) atoms. The second-order valence-electron chi connectivity index (χ2n) is 6.39. The zero-order valence-electron chi connectivity index (χ0n) is 13.5. The Morgan fingerprint density at radius 2 is 2.17 bits per heavy atom. The largest absolute Gasteiger partial charge is 0.307 e. The lowest BCUT2D eigenvalue weighted by atomic mass is 10.0. The highest BCUT2D eigenvalue weighted by molar-refractivity contribution is 5.71. The van der Waals surface area contributed by atoms with E-state index < -0.39 is 0 Å². The van der Waals surface area contributed by atoms with E-state index in [2.05, 4.69) is 52.1 Å². The summed E-state index contributed by atoms with van der Waals surface area (Å²) >= 11 is 0. The summed E-state index contributed by atoms with van der Waals surface area (Å²) < 4.78 is 2.28. The Morgan fingerprint density at radius 3 is 3.00 bits per heavy atom. The van der Waals surface area contributed by atoms with Crippen molar-refractivity contribution in [3.63, 3.8) is 0 Å². The molecule has 0 radical (unpaired) electrons. The van der Waals surface area contributed by atoms with Crippen molar-refractivity contribution in [2.45, 2.75) is 38.8 Å². The zero-order chi connectivity index (χ0) is 15.6. The number of piperidine rings is 1. The molecule has 1 N–H and O–H groups in total. The number of rotatable bonds is 3. The third-order valence-corrected chi connectivity index (χ3v) is 4.58. The predicted molar refractivity (Wildman–Crippen MR) is 92.4 cm³/mol. The first kappa shape index (κ1) is 14.4. The summed E-state index contributed by atoms with van der Waals surface area (Å²) in [4.78, 5) is 9.48. The van der Waals surface area contributed by atoms with Crippen LogP contribution in [0.4, 0.5) is 0 Å². The number of hydrogen-bond donors (Lipinski definition) is 1. The molecule has 3 heterocycles. The van der Waals surface area contributed by atoms with Gasteiger partial charge in [-0.1, -0.05) is 36.2 Å². The Kier molecular flexibility index (Phi) is 3.83. The van der Waals surface area contributed by atoms with E-state index in [1.54, 1.807) is 0 Å². The third kappa shape index (κ3) is 2.86. The van der Waals surface area contributed by atoms with Crippen LogP contribution in [0.2, 0.25) is 0 Å². The molecular formula is C19H22N4. The van der Waals surface area contributed by atoms with Crippen molar-refractivity contribution < 1.29 is 0 Å². The fourth-order valence-electron chi connectivity index (χ4n) is 3.46. The van der Waals surface area contributed by atoms with Crippen LogP contribution in [-0.2, 0) is 6.54 Å². The number of nitrogens with zero attached hydrogens (tertiary/aromatic N) is 3. The molecule has 0 aliphatic carbocycles. The van der Waals surface area contributed by atoms with E-state index in [4.69, 9.17) is 4.98 Å². The number of fused-ring (bicyclic) bond motifs is 1. The number of benzene rings is 1. The van der Waals surface area contributed by atoms with E-state index in [1.807, 2.05) is 12.3 Å². The fourth-order valence-corrected chi connectivity index (χ4v) is 3.46. The highest BCUT2D eigenvalue weighted by Crippen LogP contribution is 2.26. The van der Waals surface area contributed by atoms with Crippen LogP contribution in [-0.4, -0.2) is 21.1 Å². The molecule has 1 aromatic carbocycles. The summed E-state index contributed by atoms with van der Waals surface area (Å²) in [5, 5.41) is 3.62. The van der Waals surface area contributed by atoms with Gasteiger partial charge in [-0.3, -0.25) is 0 Å². The molecule has 0 saturated carbocycles. The maximum atomic E-state index is 4.89. The van der Waals surface area contributed by atoms with E-state index in [9.17, 15) is 0 Å². The molecule has 4 rings (SSSR count). The molecule has 1 fully saturated rings. The maximum Gasteiger partial charge on any atom is 0.160 e. The molecule has 1 saturated heterocycles. The second-order valence-corrected chi connectivity index (χ2v) is 6.39. The average Bonchev–Trinajstić information content (AvgIpc) is 2.95. The summed E-state index contributed by atoms with van der Waals surface area (Å²) in [6, 6.07) is 13.0. The summed E-state index contributed by atoms with van der Waals surface area (Å²) in [6.07, 6.45) is 5.53. The first-order valence-electron chi connectivity index (χ1n) is 8.41. The highest BCUT2D eigenvalue weighted by Gasteiger charge is 2.22. The summed E-state index contributed by atoms with van der Waals surface area (Å²) in [7, 11) is 0. The van der Waals surface area contributed by atoms with Crippen molar-refractivity contribution in [3.8, 4) is 0 Å². The molecule has 3 aromatic rings. The van der Waals surface area contributed by atoms with Gasteiger partial charge in [0.25, 0.3) is 0 Å². The lowest BCUT2D eigenvalue weighted by molar-refractivity contribution is 0.389. The van der Waals surface area contributed by atoms with Gasteiger partial charge < -0.3 is 9.88 Å². The first-order valence-corrected chi connectivity index (χ1v) is 8.41. The van der Waals surface area contributed by atoms with Gasteiger partial charge in [-0.15, -0.1) is 0 Å². The molecule has 1 unspecified atom stereocenters. The van der Waals surface area contributed by atoms with Crippen molar-refractivity contribution in [1.29, 1.82) is 0 Å². The van der Waals surface area contributed by atoms with Crippen LogP contribution in [0, 0.1) is 6.92 Å². The van der Waals surface area contributed by atoms with Crippen molar-refractivity contribution >= 4 is 11.2 Å². The molecule has 2 aromatic heterocycles. The minimum atomic E-state index is 0.336. The lowest BCUT2D eigenvalue weighted by Crippen LogP contribution is -2.29. The van der Waals surface area contributed by atoms with Crippen LogP contribution in [0.1, 0.15) is 42.3 Å². The standard InChI is InChI=1S/C19H22N4/c1-14-6-4-7-15(12-14)13-23-18-17(9-5-11-21-18)22-19(23)16-8-2-3-10-20-16/h4-7,9,11-12,16,20H,2-3,8,10,13H2,1H3. The number of nitrogens with one attached hydrogen (secondary N) is 1. The zero-order valence-corrected chi connectivity index (χ0v) is 13.5. The van der Waals surface area contributed by atoms with Crippen LogP contribution in [0.5, 0.6) is 0 Å². The summed E-state index contributed by atoms with van der Waals surface area (Å²) in [6.45, 7) is 4.03. The Bertz CT molecular complexity index is 815. The number of imidazole rings is 1. The van der Waals surface area contributed by atoms with E-state index in [1.165, 1.54) is 24.0 Å². The van der Waals surface area contributed by atoms with Crippen LogP contribution in [0.25, 0.3) is 11.2 Å². The quantitative estimate of drug-likeness (QED) is 0.804.